The fourth-order valence-electron chi connectivity index (χ4n) is 3.47. The number of rotatable bonds is 4. The van der Waals surface area contributed by atoms with Gasteiger partial charge in [-0.2, -0.15) is 0 Å². The predicted molar refractivity (Wildman–Crippen MR) is 127 cm³/mol. The number of halogens is 1. The van der Waals surface area contributed by atoms with E-state index in [0.29, 0.717) is 5.75 Å². The highest BCUT2D eigenvalue weighted by molar-refractivity contribution is 9.10. The fourth-order valence-corrected chi connectivity index (χ4v) is 3.66. The van der Waals surface area contributed by atoms with Crippen molar-refractivity contribution in [1.82, 2.24) is 0 Å². The zero-order valence-corrected chi connectivity index (χ0v) is 18.0. The van der Waals surface area contributed by atoms with Crippen LogP contribution in [0.1, 0.15) is 27.7 Å². The van der Waals surface area contributed by atoms with E-state index in [1.807, 2.05) is 84.9 Å². The van der Waals surface area contributed by atoms with Gasteiger partial charge in [-0.1, -0.05) is 101 Å². The zero-order chi connectivity index (χ0) is 24.3. The second-order valence-corrected chi connectivity index (χ2v) is 7.45. The van der Waals surface area contributed by atoms with Crippen molar-refractivity contribution in [3.8, 4) is 17.6 Å². The van der Waals surface area contributed by atoms with Gasteiger partial charge in [0.05, 0.1) is 12.6 Å². The molecule has 0 fully saturated rings. The van der Waals surface area contributed by atoms with Crippen molar-refractivity contribution < 1.29 is 10.2 Å². The van der Waals surface area contributed by atoms with Crippen molar-refractivity contribution in [2.45, 2.75) is 5.41 Å². The first kappa shape index (κ1) is 15.5. The van der Waals surface area contributed by atoms with Gasteiger partial charge in [0.2, 0.25) is 0 Å². The molecule has 1 nitrogen and oxygen atoms in total. The van der Waals surface area contributed by atoms with E-state index in [1.165, 1.54) is 0 Å². The molecule has 4 rings (SSSR count). The van der Waals surface area contributed by atoms with Crippen molar-refractivity contribution in [2.75, 3.05) is 7.11 Å². The lowest BCUT2D eigenvalue weighted by Crippen LogP contribution is -2.27. The molecule has 0 amide bonds. The first-order valence-corrected chi connectivity index (χ1v) is 10.2. The molecule has 0 aliphatic carbocycles. The standard InChI is InChI=1S/C28H21BrO/c1-30-27-14-8-13-25(21-27)28(23-9-4-2-5-10-23,24-11-6-3-7-12-24)20-19-22-15-17-26(29)18-16-22/h2-18,21H,1H3/i15D,16D,17D,18D. The minimum atomic E-state index is -0.951. The minimum absolute atomic E-state index is 0.0531. The summed E-state index contributed by atoms with van der Waals surface area (Å²) in [6.45, 7) is 0. The lowest BCUT2D eigenvalue weighted by Gasteiger charge is -2.31. The van der Waals surface area contributed by atoms with E-state index in [1.54, 1.807) is 7.11 Å². The normalized spacial score (nSPS) is 12.6. The van der Waals surface area contributed by atoms with Crippen LogP contribution in [0.2, 0.25) is 0 Å². The van der Waals surface area contributed by atoms with E-state index in [0.717, 1.165) is 16.7 Å². The van der Waals surface area contributed by atoms with E-state index in [9.17, 15) is 0 Å². The average Bonchev–Trinajstić information content (AvgIpc) is 2.89. The Morgan fingerprint density at radius 3 is 1.90 bits per heavy atom. The zero-order valence-electron chi connectivity index (χ0n) is 20.4. The molecule has 4 aromatic rings. The first-order chi connectivity index (χ1) is 16.4. The van der Waals surface area contributed by atoms with Gasteiger partial charge in [0.1, 0.15) is 11.2 Å². The van der Waals surface area contributed by atoms with Gasteiger partial charge in [-0.25, -0.2) is 0 Å². The topological polar surface area (TPSA) is 9.23 Å². The minimum Gasteiger partial charge on any atom is -0.497 e. The summed E-state index contributed by atoms with van der Waals surface area (Å²) in [4.78, 5) is 0. The Morgan fingerprint density at radius 2 is 1.33 bits per heavy atom. The van der Waals surface area contributed by atoms with Crippen LogP contribution < -0.4 is 4.74 Å². The molecule has 0 unspecified atom stereocenters. The Hall–Kier alpha value is -3.28. The lowest BCUT2D eigenvalue weighted by atomic mass is 9.70. The van der Waals surface area contributed by atoms with Crippen LogP contribution in [0.25, 0.3) is 0 Å². The number of hydrogen-bond acceptors (Lipinski definition) is 1. The van der Waals surface area contributed by atoms with Crippen LogP contribution in [0.3, 0.4) is 0 Å². The third-order valence-corrected chi connectivity index (χ3v) is 5.28. The van der Waals surface area contributed by atoms with Crippen molar-refractivity contribution in [2.24, 2.45) is 0 Å². The van der Waals surface area contributed by atoms with Crippen LogP contribution in [0.15, 0.2) is 114 Å². The maximum Gasteiger partial charge on any atom is 0.119 e. The van der Waals surface area contributed by atoms with Gasteiger partial charge in [0.25, 0.3) is 0 Å². The third-order valence-electron chi connectivity index (χ3n) is 4.89. The Labute approximate surface area is 192 Å². The van der Waals surface area contributed by atoms with Gasteiger partial charge in [-0.15, -0.1) is 0 Å². The van der Waals surface area contributed by atoms with Crippen molar-refractivity contribution in [3.05, 3.63) is 136 Å². The Morgan fingerprint density at radius 1 is 0.767 bits per heavy atom. The quantitative estimate of drug-likeness (QED) is 0.241. The molecule has 0 aromatic heterocycles. The molecule has 0 radical (unpaired) electrons. The smallest absolute Gasteiger partial charge is 0.119 e. The summed E-state index contributed by atoms with van der Waals surface area (Å²) < 4.78 is 38.8. The molecule has 0 N–H and O–H groups in total. The molecular formula is C28H21BrO. The lowest BCUT2D eigenvalue weighted by molar-refractivity contribution is 0.414. The number of hydrogen-bond donors (Lipinski definition) is 0. The molecule has 30 heavy (non-hydrogen) atoms. The molecule has 146 valence electrons. The third kappa shape index (κ3) is 4.03. The molecule has 0 heterocycles. The number of ether oxygens (including phenoxy) is 1. The van der Waals surface area contributed by atoms with E-state index in [2.05, 4.69) is 27.8 Å². The summed E-state index contributed by atoms with van der Waals surface area (Å²) >= 11 is 3.15. The van der Waals surface area contributed by atoms with Crippen molar-refractivity contribution in [1.29, 1.82) is 0 Å². The summed E-state index contributed by atoms with van der Waals surface area (Å²) in [7, 11) is 1.61. The summed E-state index contributed by atoms with van der Waals surface area (Å²) in [6.07, 6.45) is 0. The van der Waals surface area contributed by atoms with Crippen LogP contribution in [0.4, 0.5) is 0 Å². The van der Waals surface area contributed by atoms with E-state index in [-0.39, 0.29) is 34.2 Å². The molecule has 0 saturated carbocycles. The molecule has 0 aliphatic heterocycles. The van der Waals surface area contributed by atoms with E-state index < -0.39 is 5.41 Å². The SMILES string of the molecule is [2H]c1c([2H])c(C#CC(c2ccccc2)(c2ccccc2)c2cccc(OC)c2)c([2H])c([2H])c1Br. The van der Waals surface area contributed by atoms with Gasteiger partial charge in [0, 0.05) is 10.0 Å². The summed E-state index contributed by atoms with van der Waals surface area (Å²) in [6, 6.07) is 26.7. The van der Waals surface area contributed by atoms with Gasteiger partial charge in [0.15, 0.2) is 0 Å². The highest BCUT2D eigenvalue weighted by atomic mass is 79.9. The van der Waals surface area contributed by atoms with Gasteiger partial charge in [-0.3, -0.25) is 0 Å². The van der Waals surface area contributed by atoms with Crippen LogP contribution in [-0.4, -0.2) is 7.11 Å². The van der Waals surface area contributed by atoms with Crippen LogP contribution >= 0.6 is 15.9 Å². The molecule has 0 spiro atoms. The van der Waals surface area contributed by atoms with Gasteiger partial charge in [-0.05, 0) is 53.0 Å². The fraction of sp³-hybridized carbons (Fsp3) is 0.0714. The maximum absolute atomic E-state index is 8.42. The number of benzene rings is 4. The molecule has 2 heteroatoms. The Bertz CT molecular complexity index is 1320. The average molecular weight is 457 g/mol. The first-order valence-electron chi connectivity index (χ1n) is 11.4. The van der Waals surface area contributed by atoms with Crippen molar-refractivity contribution in [3.63, 3.8) is 0 Å². The molecule has 0 atom stereocenters. The Balaban J connectivity index is 2.11. The second kappa shape index (κ2) is 9.03. The molecular weight excluding hydrogens is 432 g/mol. The predicted octanol–water partition coefficient (Wildman–Crippen LogP) is 6.84. The number of methoxy groups -OCH3 is 1. The van der Waals surface area contributed by atoms with Crippen LogP contribution in [0, 0.1) is 11.8 Å². The van der Waals surface area contributed by atoms with Crippen molar-refractivity contribution >= 4 is 15.9 Å². The highest BCUT2D eigenvalue weighted by Gasteiger charge is 2.35. The highest BCUT2D eigenvalue weighted by Crippen LogP contribution is 2.40. The second-order valence-electron chi connectivity index (χ2n) is 6.65. The molecule has 0 bridgehead atoms. The van der Waals surface area contributed by atoms with Crippen LogP contribution in [-0.2, 0) is 5.41 Å². The Kier molecular flexibility index (Phi) is 4.68. The van der Waals surface area contributed by atoms with E-state index >= 15 is 0 Å². The van der Waals surface area contributed by atoms with Gasteiger partial charge >= 0.3 is 0 Å². The monoisotopic (exact) mass is 456 g/mol. The van der Waals surface area contributed by atoms with Crippen LogP contribution in [0.5, 0.6) is 5.75 Å². The van der Waals surface area contributed by atoms with Gasteiger partial charge < -0.3 is 4.74 Å². The maximum atomic E-state index is 8.42. The summed E-state index contributed by atoms with van der Waals surface area (Å²) in [5, 5.41) is 0. The summed E-state index contributed by atoms with van der Waals surface area (Å²) in [5.41, 5.74) is 1.79. The molecule has 0 aliphatic rings. The molecule has 0 saturated heterocycles. The molecule has 4 aromatic carbocycles. The largest absolute Gasteiger partial charge is 0.497 e. The van der Waals surface area contributed by atoms with E-state index in [4.69, 9.17) is 10.2 Å². The summed E-state index contributed by atoms with van der Waals surface area (Å²) in [5.74, 6) is 7.10.